The first kappa shape index (κ1) is 15.1. The number of allylic oxidation sites excluding steroid dienone is 1. The minimum Gasteiger partial charge on any atom is -0.313 e. The van der Waals surface area contributed by atoms with Crippen LogP contribution >= 0.6 is 0 Å². The molecule has 1 unspecified atom stereocenters. The van der Waals surface area contributed by atoms with Gasteiger partial charge in [-0.2, -0.15) is 0 Å². The van der Waals surface area contributed by atoms with Crippen LogP contribution in [0.4, 0.5) is 0 Å². The van der Waals surface area contributed by atoms with Gasteiger partial charge in [-0.25, -0.2) is 0 Å². The molecule has 0 spiro atoms. The van der Waals surface area contributed by atoms with Crippen molar-refractivity contribution < 1.29 is 0 Å². The fourth-order valence-electron chi connectivity index (χ4n) is 4.19. The summed E-state index contributed by atoms with van der Waals surface area (Å²) in [4.78, 5) is 0. The number of rotatable bonds is 3. The van der Waals surface area contributed by atoms with Gasteiger partial charge in [0, 0.05) is 6.04 Å². The van der Waals surface area contributed by atoms with E-state index in [1.165, 1.54) is 51.4 Å². The highest BCUT2D eigenvalue weighted by Gasteiger charge is 2.33. The maximum Gasteiger partial charge on any atom is 0.0305 e. The van der Waals surface area contributed by atoms with E-state index in [4.69, 9.17) is 0 Å². The lowest BCUT2D eigenvalue weighted by Gasteiger charge is -2.40. The zero-order chi connectivity index (χ0) is 13.9. The van der Waals surface area contributed by atoms with Crippen LogP contribution in [0.2, 0.25) is 0 Å². The van der Waals surface area contributed by atoms with Crippen LogP contribution in [0, 0.1) is 17.3 Å². The molecule has 2 rings (SSSR count). The highest BCUT2D eigenvalue weighted by atomic mass is 14.9. The summed E-state index contributed by atoms with van der Waals surface area (Å²) in [6.45, 7) is 7.24. The molecule has 19 heavy (non-hydrogen) atoms. The predicted molar refractivity (Wildman–Crippen MR) is 84.3 cm³/mol. The Morgan fingerprint density at radius 2 is 1.79 bits per heavy atom. The first-order chi connectivity index (χ1) is 9.02. The lowest BCUT2D eigenvalue weighted by molar-refractivity contribution is 0.139. The van der Waals surface area contributed by atoms with E-state index < -0.39 is 0 Å². The fourth-order valence-corrected chi connectivity index (χ4v) is 4.19. The highest BCUT2D eigenvalue weighted by molar-refractivity contribution is 5.15. The summed E-state index contributed by atoms with van der Waals surface area (Å²) in [6, 6.07) is 0.668. The number of hydrogen-bond acceptors (Lipinski definition) is 1. The molecule has 1 nitrogen and oxygen atoms in total. The molecule has 0 bridgehead atoms. The molecule has 0 radical (unpaired) electrons. The average molecular weight is 263 g/mol. The van der Waals surface area contributed by atoms with Crippen LogP contribution in [0.5, 0.6) is 0 Å². The second-order valence-electron chi connectivity index (χ2n) is 7.77. The molecule has 1 saturated carbocycles. The van der Waals surface area contributed by atoms with Gasteiger partial charge in [0.25, 0.3) is 0 Å². The quantitative estimate of drug-likeness (QED) is 0.712. The largest absolute Gasteiger partial charge is 0.313 e. The lowest BCUT2D eigenvalue weighted by Crippen LogP contribution is -2.39. The third-order valence-corrected chi connectivity index (χ3v) is 5.50. The first-order valence-corrected chi connectivity index (χ1v) is 8.38. The number of likely N-dealkylation sites (N-methyl/N-ethyl adjacent to an activating group) is 1. The van der Waals surface area contributed by atoms with Crippen LogP contribution in [-0.2, 0) is 0 Å². The Kier molecular flexibility index (Phi) is 5.11. The Morgan fingerprint density at radius 3 is 2.26 bits per heavy atom. The summed E-state index contributed by atoms with van der Waals surface area (Å²) in [5.74, 6) is 1.81. The normalized spacial score (nSPS) is 30.8. The smallest absolute Gasteiger partial charge is 0.0305 e. The highest BCUT2D eigenvalue weighted by Crippen LogP contribution is 2.42. The van der Waals surface area contributed by atoms with Crippen molar-refractivity contribution in [2.75, 3.05) is 7.05 Å². The molecule has 0 aromatic carbocycles. The van der Waals surface area contributed by atoms with Crippen molar-refractivity contribution in [1.82, 2.24) is 5.32 Å². The van der Waals surface area contributed by atoms with Crippen molar-refractivity contribution in [3.8, 4) is 0 Å². The van der Waals surface area contributed by atoms with Crippen molar-refractivity contribution in [1.29, 1.82) is 0 Å². The molecule has 0 aromatic heterocycles. The Hall–Kier alpha value is -0.300. The molecule has 0 heterocycles. The Balaban J connectivity index is 1.93. The van der Waals surface area contributed by atoms with Gasteiger partial charge in [0.05, 0.1) is 0 Å². The van der Waals surface area contributed by atoms with E-state index in [2.05, 4.69) is 39.2 Å². The summed E-state index contributed by atoms with van der Waals surface area (Å²) in [7, 11) is 2.16. The van der Waals surface area contributed by atoms with Gasteiger partial charge in [-0.1, -0.05) is 32.4 Å². The molecular formula is C18H33N. The van der Waals surface area contributed by atoms with Gasteiger partial charge in [0.1, 0.15) is 0 Å². The SMILES string of the molecule is CNC(C1=CCCCC1)C1CCC(C(C)(C)C)CC1. The van der Waals surface area contributed by atoms with Crippen molar-refractivity contribution in [3.63, 3.8) is 0 Å². The van der Waals surface area contributed by atoms with Gasteiger partial charge >= 0.3 is 0 Å². The van der Waals surface area contributed by atoms with E-state index in [0.29, 0.717) is 11.5 Å². The molecule has 1 atom stereocenters. The van der Waals surface area contributed by atoms with Gasteiger partial charge in [0.15, 0.2) is 0 Å². The topological polar surface area (TPSA) is 12.0 Å². The summed E-state index contributed by atoms with van der Waals surface area (Å²) in [5, 5.41) is 3.63. The molecule has 2 aliphatic rings. The third kappa shape index (κ3) is 3.84. The van der Waals surface area contributed by atoms with E-state index in [9.17, 15) is 0 Å². The second-order valence-corrected chi connectivity index (χ2v) is 7.77. The van der Waals surface area contributed by atoms with Crippen LogP contribution in [0.25, 0.3) is 0 Å². The summed E-state index contributed by atoms with van der Waals surface area (Å²) in [5.41, 5.74) is 2.22. The number of hydrogen-bond donors (Lipinski definition) is 1. The second kappa shape index (κ2) is 6.43. The molecule has 1 fully saturated rings. The molecule has 0 aliphatic heterocycles. The summed E-state index contributed by atoms with van der Waals surface area (Å²) < 4.78 is 0. The third-order valence-electron chi connectivity index (χ3n) is 5.50. The zero-order valence-electron chi connectivity index (χ0n) is 13.5. The molecule has 0 saturated heterocycles. The van der Waals surface area contributed by atoms with Gasteiger partial charge in [-0.3, -0.25) is 0 Å². The van der Waals surface area contributed by atoms with Crippen LogP contribution in [0.1, 0.15) is 72.1 Å². The monoisotopic (exact) mass is 263 g/mol. The van der Waals surface area contributed by atoms with E-state index >= 15 is 0 Å². The number of nitrogens with one attached hydrogen (secondary N) is 1. The molecule has 0 aromatic rings. The van der Waals surface area contributed by atoms with E-state index in [0.717, 1.165) is 11.8 Å². The van der Waals surface area contributed by atoms with Crippen LogP contribution in [0.3, 0.4) is 0 Å². The minimum absolute atomic E-state index is 0.504. The Morgan fingerprint density at radius 1 is 1.11 bits per heavy atom. The molecule has 1 N–H and O–H groups in total. The standard InChI is InChI=1S/C18H33N/c1-18(2,3)16-12-10-15(11-13-16)17(19-4)14-8-6-5-7-9-14/h8,15-17,19H,5-7,9-13H2,1-4H3. The van der Waals surface area contributed by atoms with Gasteiger partial charge in [-0.15, -0.1) is 0 Å². The molecule has 110 valence electrons. The summed E-state index contributed by atoms with van der Waals surface area (Å²) >= 11 is 0. The predicted octanol–water partition coefficient (Wildman–Crippen LogP) is 4.93. The van der Waals surface area contributed by atoms with Gasteiger partial charge in [-0.05, 0) is 75.7 Å². The van der Waals surface area contributed by atoms with Gasteiger partial charge in [0.2, 0.25) is 0 Å². The van der Waals surface area contributed by atoms with E-state index in [1.54, 1.807) is 5.57 Å². The zero-order valence-corrected chi connectivity index (χ0v) is 13.5. The maximum absolute atomic E-state index is 3.63. The summed E-state index contributed by atoms with van der Waals surface area (Å²) in [6.07, 6.45) is 13.7. The Labute approximate surface area is 120 Å². The Bertz CT molecular complexity index is 302. The van der Waals surface area contributed by atoms with E-state index in [1.807, 2.05) is 0 Å². The lowest BCUT2D eigenvalue weighted by atomic mass is 9.67. The maximum atomic E-state index is 3.63. The average Bonchev–Trinajstić information content (AvgIpc) is 2.40. The first-order valence-electron chi connectivity index (χ1n) is 8.38. The molecule has 1 heteroatoms. The van der Waals surface area contributed by atoms with Gasteiger partial charge < -0.3 is 5.32 Å². The van der Waals surface area contributed by atoms with Crippen LogP contribution in [-0.4, -0.2) is 13.1 Å². The van der Waals surface area contributed by atoms with Crippen molar-refractivity contribution >= 4 is 0 Å². The molecular weight excluding hydrogens is 230 g/mol. The minimum atomic E-state index is 0.504. The van der Waals surface area contributed by atoms with Crippen LogP contribution in [0.15, 0.2) is 11.6 Å². The molecule has 2 aliphatic carbocycles. The molecule has 0 amide bonds. The van der Waals surface area contributed by atoms with Crippen LogP contribution < -0.4 is 5.32 Å². The van der Waals surface area contributed by atoms with Crippen molar-refractivity contribution in [2.45, 2.75) is 78.2 Å². The van der Waals surface area contributed by atoms with Crippen molar-refractivity contribution in [2.24, 2.45) is 17.3 Å². The van der Waals surface area contributed by atoms with Crippen molar-refractivity contribution in [3.05, 3.63) is 11.6 Å². The fraction of sp³-hybridized carbons (Fsp3) is 0.889. The van der Waals surface area contributed by atoms with E-state index in [-0.39, 0.29) is 0 Å².